The van der Waals surface area contributed by atoms with E-state index in [0.717, 1.165) is 10.2 Å². The minimum Gasteiger partial charge on any atom is -0.492 e. The number of rotatable bonds is 5. The van der Waals surface area contributed by atoms with Gasteiger partial charge in [-0.2, -0.15) is 10.5 Å². The normalized spacial score (nSPS) is 10.9. The number of nitrogens with one attached hydrogen (secondary N) is 2. The Balaban J connectivity index is 2.24. The molecule has 0 unspecified atom stereocenters. The van der Waals surface area contributed by atoms with E-state index in [-0.39, 0.29) is 11.4 Å². The van der Waals surface area contributed by atoms with Crippen molar-refractivity contribution in [1.29, 1.82) is 5.26 Å². The molecule has 0 saturated heterocycles. The molecule has 0 spiro atoms. The molecule has 0 radical (unpaired) electrons. The molecule has 2 aromatic rings. The number of benzene rings is 1. The van der Waals surface area contributed by atoms with Crippen LogP contribution in [-0.4, -0.2) is 27.2 Å². The molecule has 0 aliphatic heterocycles. The minimum atomic E-state index is 0.232. The molecule has 8 heteroatoms. The number of ether oxygens (including phenoxy) is 1. The molecule has 0 bridgehead atoms. The fraction of sp³-hybridized carbons (Fsp3) is 0.167. The van der Waals surface area contributed by atoms with Crippen LogP contribution in [0.4, 0.5) is 5.69 Å². The summed E-state index contributed by atoms with van der Waals surface area (Å²) >= 11 is 3.38. The van der Waals surface area contributed by atoms with E-state index in [1.54, 1.807) is 0 Å². The molecule has 7 nitrogen and oxygen atoms in total. The molecule has 0 atom stereocenters. The zero-order chi connectivity index (χ0) is 14.4. The summed E-state index contributed by atoms with van der Waals surface area (Å²) < 4.78 is 6.43. The van der Waals surface area contributed by atoms with Gasteiger partial charge in [-0.15, -0.1) is 10.2 Å². The molecule has 1 aromatic heterocycles. The molecule has 0 aliphatic carbocycles. The van der Waals surface area contributed by atoms with E-state index < -0.39 is 0 Å². The number of aromatic amines is 1. The lowest BCUT2D eigenvalue weighted by Gasteiger charge is -2.10. The number of anilines is 1. The lowest BCUT2D eigenvalue weighted by atomic mass is 10.2. The van der Waals surface area contributed by atoms with E-state index in [1.807, 2.05) is 31.2 Å². The van der Waals surface area contributed by atoms with Gasteiger partial charge in [-0.1, -0.05) is 15.9 Å². The van der Waals surface area contributed by atoms with Crippen LogP contribution in [0.15, 0.2) is 28.9 Å². The Kier molecular flexibility index (Phi) is 4.68. The van der Waals surface area contributed by atoms with Crippen LogP contribution in [0, 0.1) is 11.3 Å². The highest BCUT2D eigenvalue weighted by atomic mass is 79.9. The number of nitriles is 1. The number of nitrogens with zero attached hydrogens (tertiary/aromatic N) is 4. The summed E-state index contributed by atoms with van der Waals surface area (Å²) in [7, 11) is 0. The molecular weight excluding hydrogens is 324 g/mol. The molecule has 0 amide bonds. The Labute approximate surface area is 123 Å². The fourth-order valence-corrected chi connectivity index (χ4v) is 1.80. The second kappa shape index (κ2) is 6.68. The average molecular weight is 335 g/mol. The minimum absolute atomic E-state index is 0.232. The van der Waals surface area contributed by atoms with Gasteiger partial charge in [-0.3, -0.25) is 0 Å². The highest BCUT2D eigenvalue weighted by Crippen LogP contribution is 2.28. The van der Waals surface area contributed by atoms with Crippen LogP contribution in [0.2, 0.25) is 0 Å². The van der Waals surface area contributed by atoms with Crippen molar-refractivity contribution in [3.63, 3.8) is 0 Å². The molecule has 1 aromatic carbocycles. The van der Waals surface area contributed by atoms with Crippen LogP contribution >= 0.6 is 15.9 Å². The predicted molar refractivity (Wildman–Crippen MR) is 76.7 cm³/mol. The van der Waals surface area contributed by atoms with E-state index in [4.69, 9.17) is 10.00 Å². The van der Waals surface area contributed by atoms with E-state index in [9.17, 15) is 0 Å². The van der Waals surface area contributed by atoms with Crippen molar-refractivity contribution in [1.82, 2.24) is 20.6 Å². The SMILES string of the molecule is CCOc1cc(Br)ccc1NC=C(C#N)c1nn[nH]n1. The number of halogens is 1. The van der Waals surface area contributed by atoms with Gasteiger partial charge in [0.1, 0.15) is 17.4 Å². The van der Waals surface area contributed by atoms with Crippen LogP contribution in [0.3, 0.4) is 0 Å². The van der Waals surface area contributed by atoms with Crippen molar-refractivity contribution < 1.29 is 4.74 Å². The number of hydrogen-bond donors (Lipinski definition) is 2. The summed E-state index contributed by atoms with van der Waals surface area (Å²) in [6.07, 6.45) is 1.51. The molecule has 0 fully saturated rings. The van der Waals surface area contributed by atoms with Crippen molar-refractivity contribution in [3.8, 4) is 11.8 Å². The van der Waals surface area contributed by atoms with Gasteiger partial charge in [0, 0.05) is 10.7 Å². The summed E-state index contributed by atoms with van der Waals surface area (Å²) in [4.78, 5) is 0. The van der Waals surface area contributed by atoms with Crippen LogP contribution in [0.1, 0.15) is 12.7 Å². The summed E-state index contributed by atoms with van der Waals surface area (Å²) in [5.41, 5.74) is 1.01. The predicted octanol–water partition coefficient (Wildman–Crippen LogP) is 2.34. The van der Waals surface area contributed by atoms with Crippen molar-refractivity contribution in [3.05, 3.63) is 34.7 Å². The lowest BCUT2D eigenvalue weighted by Crippen LogP contribution is -1.98. The van der Waals surface area contributed by atoms with E-state index in [2.05, 4.69) is 41.9 Å². The monoisotopic (exact) mass is 334 g/mol. The van der Waals surface area contributed by atoms with Crippen molar-refractivity contribution >= 4 is 27.2 Å². The summed E-state index contributed by atoms with van der Waals surface area (Å²) in [5.74, 6) is 0.915. The van der Waals surface area contributed by atoms with Gasteiger partial charge in [-0.25, -0.2) is 0 Å². The quantitative estimate of drug-likeness (QED) is 0.814. The zero-order valence-corrected chi connectivity index (χ0v) is 12.2. The topological polar surface area (TPSA) is 99.5 Å². The number of H-pyrrole nitrogens is 1. The molecule has 20 heavy (non-hydrogen) atoms. The third-order valence-corrected chi connectivity index (χ3v) is 2.82. The number of hydrogen-bond acceptors (Lipinski definition) is 6. The maximum absolute atomic E-state index is 9.07. The van der Waals surface area contributed by atoms with Crippen LogP contribution in [0.5, 0.6) is 5.75 Å². The molecular formula is C12H11BrN6O. The Morgan fingerprint density at radius 2 is 2.45 bits per heavy atom. The lowest BCUT2D eigenvalue weighted by molar-refractivity contribution is 0.342. The van der Waals surface area contributed by atoms with E-state index in [1.165, 1.54) is 6.20 Å². The van der Waals surface area contributed by atoms with Gasteiger partial charge < -0.3 is 10.1 Å². The fourth-order valence-electron chi connectivity index (χ4n) is 1.46. The Morgan fingerprint density at radius 1 is 1.60 bits per heavy atom. The van der Waals surface area contributed by atoms with Crippen molar-refractivity contribution in [2.24, 2.45) is 0 Å². The Hall–Kier alpha value is -2.40. The maximum atomic E-state index is 9.07. The molecule has 102 valence electrons. The molecule has 0 aliphatic rings. The number of aromatic nitrogens is 4. The standard InChI is InChI=1S/C12H11BrN6O/c1-2-20-11-5-9(13)3-4-10(11)15-7-8(6-14)12-16-18-19-17-12/h3-5,7,15H,2H2,1H3,(H,16,17,18,19). The molecule has 0 saturated carbocycles. The molecule has 2 N–H and O–H groups in total. The maximum Gasteiger partial charge on any atom is 0.216 e. The summed E-state index contributed by atoms with van der Waals surface area (Å²) in [5, 5.41) is 25.3. The van der Waals surface area contributed by atoms with Gasteiger partial charge in [0.05, 0.1) is 12.3 Å². The smallest absolute Gasteiger partial charge is 0.216 e. The first-order chi connectivity index (χ1) is 9.74. The first kappa shape index (κ1) is 14.0. The van der Waals surface area contributed by atoms with Gasteiger partial charge >= 0.3 is 0 Å². The van der Waals surface area contributed by atoms with Crippen molar-refractivity contribution in [2.75, 3.05) is 11.9 Å². The van der Waals surface area contributed by atoms with Crippen molar-refractivity contribution in [2.45, 2.75) is 6.92 Å². The molecule has 1 heterocycles. The number of tetrazole rings is 1. The van der Waals surface area contributed by atoms with Gasteiger partial charge in [0.15, 0.2) is 0 Å². The Morgan fingerprint density at radius 3 is 3.10 bits per heavy atom. The first-order valence-corrected chi connectivity index (χ1v) is 6.57. The van der Waals surface area contributed by atoms with E-state index >= 15 is 0 Å². The number of allylic oxidation sites excluding steroid dienone is 1. The summed E-state index contributed by atoms with van der Waals surface area (Å²) in [6.45, 7) is 2.45. The zero-order valence-electron chi connectivity index (χ0n) is 10.6. The second-order valence-corrected chi connectivity index (χ2v) is 4.54. The highest BCUT2D eigenvalue weighted by Gasteiger charge is 2.07. The van der Waals surface area contributed by atoms with Gasteiger partial charge in [-0.05, 0) is 30.3 Å². The van der Waals surface area contributed by atoms with Crippen LogP contribution in [0.25, 0.3) is 5.57 Å². The highest BCUT2D eigenvalue weighted by molar-refractivity contribution is 9.10. The van der Waals surface area contributed by atoms with Crippen LogP contribution < -0.4 is 10.1 Å². The molecule has 2 rings (SSSR count). The largest absolute Gasteiger partial charge is 0.492 e. The Bertz CT molecular complexity index is 646. The van der Waals surface area contributed by atoms with Gasteiger partial charge in [0.2, 0.25) is 5.82 Å². The first-order valence-electron chi connectivity index (χ1n) is 5.77. The van der Waals surface area contributed by atoms with E-state index in [0.29, 0.717) is 12.4 Å². The average Bonchev–Trinajstić information content (AvgIpc) is 2.96. The summed E-state index contributed by atoms with van der Waals surface area (Å²) in [6, 6.07) is 7.57. The third kappa shape index (κ3) is 3.33. The second-order valence-electron chi connectivity index (χ2n) is 3.62. The van der Waals surface area contributed by atoms with Crippen LogP contribution in [-0.2, 0) is 0 Å². The third-order valence-electron chi connectivity index (χ3n) is 2.32. The van der Waals surface area contributed by atoms with Gasteiger partial charge in [0.25, 0.3) is 0 Å².